The van der Waals surface area contributed by atoms with Crippen LogP contribution in [0, 0.1) is 24.5 Å². The van der Waals surface area contributed by atoms with Crippen LogP contribution in [0.4, 0.5) is 8.78 Å². The first-order chi connectivity index (χ1) is 16.4. The zero-order valence-corrected chi connectivity index (χ0v) is 18.8. The van der Waals surface area contributed by atoms with Gasteiger partial charge in [0.2, 0.25) is 0 Å². The van der Waals surface area contributed by atoms with Gasteiger partial charge in [0.15, 0.2) is 6.40 Å². The number of halogens is 2. The molecule has 8 heteroatoms. The van der Waals surface area contributed by atoms with E-state index in [0.29, 0.717) is 17.9 Å². The monoisotopic (exact) mass is 465 g/mol. The molecule has 1 aliphatic heterocycles. The third kappa shape index (κ3) is 3.97. The van der Waals surface area contributed by atoms with Crippen molar-refractivity contribution in [3.05, 3.63) is 81.3 Å². The minimum absolute atomic E-state index is 0.132. The molecule has 3 aromatic rings. The van der Waals surface area contributed by atoms with Gasteiger partial charge in [-0.1, -0.05) is 30.7 Å². The second kappa shape index (κ2) is 9.00. The SMILES string of the molecule is Cc1c(C(=O)N[C@H](c2cccc(F)c2)C2CCC2)c2cccc(F)c2c(=O)n1CC1COC=N1. The highest BCUT2D eigenvalue weighted by molar-refractivity contribution is 6.08. The number of pyridine rings is 1. The number of benzene rings is 2. The van der Waals surface area contributed by atoms with E-state index in [1.54, 1.807) is 25.1 Å². The summed E-state index contributed by atoms with van der Waals surface area (Å²) >= 11 is 0. The lowest BCUT2D eigenvalue weighted by Crippen LogP contribution is -2.38. The number of carbonyl (C=O) groups excluding carboxylic acids is 1. The molecular weight excluding hydrogens is 440 g/mol. The number of carbonyl (C=O) groups is 1. The summed E-state index contributed by atoms with van der Waals surface area (Å²) in [6.07, 6.45) is 4.24. The zero-order chi connectivity index (χ0) is 23.8. The molecule has 2 heterocycles. The molecule has 1 saturated carbocycles. The van der Waals surface area contributed by atoms with Crippen molar-refractivity contribution in [2.75, 3.05) is 6.61 Å². The van der Waals surface area contributed by atoms with Gasteiger partial charge in [-0.3, -0.25) is 9.59 Å². The maximum atomic E-state index is 14.8. The second-order valence-electron chi connectivity index (χ2n) is 8.98. The van der Waals surface area contributed by atoms with E-state index in [1.807, 2.05) is 0 Å². The number of nitrogens with one attached hydrogen (secondary N) is 1. The van der Waals surface area contributed by atoms with Gasteiger partial charge in [0.25, 0.3) is 11.5 Å². The first-order valence-corrected chi connectivity index (χ1v) is 11.4. The van der Waals surface area contributed by atoms with Crippen molar-refractivity contribution in [2.45, 2.75) is 44.8 Å². The summed E-state index contributed by atoms with van der Waals surface area (Å²) in [7, 11) is 0. The molecule has 1 aliphatic carbocycles. The summed E-state index contributed by atoms with van der Waals surface area (Å²) in [6, 6.07) is 9.85. The van der Waals surface area contributed by atoms with Crippen molar-refractivity contribution in [1.29, 1.82) is 0 Å². The Hall–Kier alpha value is -3.55. The number of hydrogen-bond acceptors (Lipinski definition) is 4. The van der Waals surface area contributed by atoms with Gasteiger partial charge in [-0.15, -0.1) is 0 Å². The molecule has 1 amide bonds. The molecule has 2 atom stereocenters. The number of aliphatic imine (C=N–C) groups is 1. The van der Waals surface area contributed by atoms with E-state index in [-0.39, 0.29) is 46.7 Å². The number of ether oxygens (including phenoxy) is 1. The van der Waals surface area contributed by atoms with E-state index in [2.05, 4.69) is 10.3 Å². The Morgan fingerprint density at radius 1 is 1.24 bits per heavy atom. The standard InChI is InChI=1S/C26H25F2N3O3/c1-15-22(25(32)30-24(16-5-2-6-16)17-7-3-8-18(27)11-17)20-9-4-10-21(28)23(20)26(33)31(15)12-19-13-34-14-29-19/h3-4,7-11,14,16,19,24H,2,5-6,12-13H2,1H3,(H,30,32)/t19?,24-/m0/s1. The zero-order valence-electron chi connectivity index (χ0n) is 18.8. The van der Waals surface area contributed by atoms with E-state index < -0.39 is 17.3 Å². The molecule has 2 aliphatic rings. The molecule has 5 rings (SSSR count). The molecular formula is C26H25F2N3O3. The first-order valence-electron chi connectivity index (χ1n) is 11.4. The van der Waals surface area contributed by atoms with Gasteiger partial charge in [-0.05, 0) is 49.4 Å². The van der Waals surface area contributed by atoms with Crippen LogP contribution in [-0.4, -0.2) is 29.5 Å². The van der Waals surface area contributed by atoms with Gasteiger partial charge in [0.05, 0.1) is 23.5 Å². The molecule has 1 fully saturated rings. The second-order valence-corrected chi connectivity index (χ2v) is 8.98. The van der Waals surface area contributed by atoms with Crippen molar-refractivity contribution < 1.29 is 18.3 Å². The van der Waals surface area contributed by atoms with Crippen molar-refractivity contribution in [1.82, 2.24) is 9.88 Å². The normalized spacial score (nSPS) is 18.5. The van der Waals surface area contributed by atoms with Crippen LogP contribution in [-0.2, 0) is 11.3 Å². The summed E-state index contributed by atoms with van der Waals surface area (Å²) < 4.78 is 35.4. The highest BCUT2D eigenvalue weighted by atomic mass is 19.1. The Labute approximate surface area is 195 Å². The predicted molar refractivity (Wildman–Crippen MR) is 125 cm³/mol. The summed E-state index contributed by atoms with van der Waals surface area (Å²) in [5.41, 5.74) is 0.842. The topological polar surface area (TPSA) is 72.7 Å². The van der Waals surface area contributed by atoms with Crippen LogP contribution < -0.4 is 10.9 Å². The van der Waals surface area contributed by atoms with Crippen molar-refractivity contribution in [3.8, 4) is 0 Å². The number of amides is 1. The molecule has 6 nitrogen and oxygen atoms in total. The van der Waals surface area contributed by atoms with Gasteiger partial charge in [-0.2, -0.15) is 0 Å². The maximum absolute atomic E-state index is 14.8. The fourth-order valence-electron chi connectivity index (χ4n) is 4.87. The van der Waals surface area contributed by atoms with Crippen LogP contribution in [0.25, 0.3) is 10.8 Å². The molecule has 0 spiro atoms. The number of nitrogens with zero attached hydrogens (tertiary/aromatic N) is 2. The molecule has 34 heavy (non-hydrogen) atoms. The van der Waals surface area contributed by atoms with Gasteiger partial charge < -0.3 is 14.6 Å². The van der Waals surface area contributed by atoms with Crippen molar-refractivity contribution in [2.24, 2.45) is 10.9 Å². The minimum Gasteiger partial charge on any atom is -0.481 e. The summed E-state index contributed by atoms with van der Waals surface area (Å²) in [5.74, 6) is -1.29. The molecule has 0 bridgehead atoms. The lowest BCUT2D eigenvalue weighted by atomic mass is 9.77. The van der Waals surface area contributed by atoms with Gasteiger partial charge >= 0.3 is 0 Å². The Balaban J connectivity index is 1.60. The van der Waals surface area contributed by atoms with Crippen molar-refractivity contribution >= 4 is 23.1 Å². The molecule has 0 radical (unpaired) electrons. The first kappa shape index (κ1) is 22.3. The number of aromatic nitrogens is 1. The van der Waals surface area contributed by atoms with E-state index in [4.69, 9.17) is 4.74 Å². The van der Waals surface area contributed by atoms with Crippen LogP contribution in [0.2, 0.25) is 0 Å². The smallest absolute Gasteiger partial charge is 0.261 e. The predicted octanol–water partition coefficient (Wildman–Crippen LogP) is 4.29. The largest absolute Gasteiger partial charge is 0.481 e. The lowest BCUT2D eigenvalue weighted by molar-refractivity contribution is 0.0900. The van der Waals surface area contributed by atoms with Gasteiger partial charge in [0.1, 0.15) is 24.3 Å². The fraction of sp³-hybridized carbons (Fsp3) is 0.346. The Bertz CT molecular complexity index is 1350. The third-order valence-corrected chi connectivity index (χ3v) is 6.88. The summed E-state index contributed by atoms with van der Waals surface area (Å²) in [6.45, 7) is 2.16. The number of rotatable bonds is 6. The van der Waals surface area contributed by atoms with Gasteiger partial charge in [0, 0.05) is 11.1 Å². The fourth-order valence-corrected chi connectivity index (χ4v) is 4.87. The molecule has 1 aromatic heterocycles. The van der Waals surface area contributed by atoms with E-state index >= 15 is 0 Å². The average Bonchev–Trinajstić information content (AvgIpc) is 3.28. The molecule has 176 valence electrons. The Morgan fingerprint density at radius 2 is 2.03 bits per heavy atom. The highest BCUT2D eigenvalue weighted by Crippen LogP contribution is 2.38. The van der Waals surface area contributed by atoms with Crippen LogP contribution >= 0.6 is 0 Å². The summed E-state index contributed by atoms with van der Waals surface area (Å²) in [5, 5.41) is 3.20. The van der Waals surface area contributed by atoms with Gasteiger partial charge in [-0.25, -0.2) is 13.8 Å². The third-order valence-electron chi connectivity index (χ3n) is 6.88. The van der Waals surface area contributed by atoms with E-state index in [9.17, 15) is 18.4 Å². The number of fused-ring (bicyclic) bond motifs is 1. The molecule has 2 aromatic carbocycles. The van der Waals surface area contributed by atoms with Crippen LogP contribution in [0.15, 0.2) is 52.3 Å². The number of hydrogen-bond donors (Lipinski definition) is 1. The summed E-state index contributed by atoms with van der Waals surface area (Å²) in [4.78, 5) is 31.1. The lowest BCUT2D eigenvalue weighted by Gasteiger charge is -2.35. The van der Waals surface area contributed by atoms with Crippen LogP contribution in [0.5, 0.6) is 0 Å². The van der Waals surface area contributed by atoms with Crippen LogP contribution in [0.3, 0.4) is 0 Å². The minimum atomic E-state index is -0.683. The quantitative estimate of drug-likeness (QED) is 0.591. The highest BCUT2D eigenvalue weighted by Gasteiger charge is 2.32. The molecule has 1 unspecified atom stereocenters. The Morgan fingerprint density at radius 3 is 2.71 bits per heavy atom. The van der Waals surface area contributed by atoms with Crippen LogP contribution in [0.1, 0.15) is 46.9 Å². The molecule has 1 N–H and O–H groups in total. The molecule has 0 saturated heterocycles. The Kier molecular flexibility index (Phi) is 5.89. The van der Waals surface area contributed by atoms with E-state index in [0.717, 1.165) is 19.3 Å². The van der Waals surface area contributed by atoms with E-state index in [1.165, 1.54) is 35.2 Å². The maximum Gasteiger partial charge on any atom is 0.261 e. The van der Waals surface area contributed by atoms with Crippen molar-refractivity contribution in [3.63, 3.8) is 0 Å². The average molecular weight is 466 g/mol.